The van der Waals surface area contributed by atoms with Gasteiger partial charge in [0.05, 0.1) is 6.10 Å². The van der Waals surface area contributed by atoms with Crippen LogP contribution in [0.1, 0.15) is 13.3 Å². The molecule has 1 unspecified atom stereocenters. The Morgan fingerprint density at radius 3 is 1.88 bits per heavy atom. The molecule has 0 aromatic heterocycles. The summed E-state index contributed by atoms with van der Waals surface area (Å²) < 4.78 is 0. The van der Waals surface area contributed by atoms with Gasteiger partial charge in [-0.1, -0.05) is 0 Å². The monoisotopic (exact) mass is 146 g/mol. The molecule has 0 saturated heterocycles. The molecule has 3 N–H and O–H groups in total. The van der Waals surface area contributed by atoms with E-state index >= 15 is 0 Å². The largest absolute Gasteiger partial charge is 1.00 e. The summed E-state index contributed by atoms with van der Waals surface area (Å²) in [6, 6.07) is 0. The second-order valence-electron chi connectivity index (χ2n) is 1.36. The molecule has 0 amide bonds. The van der Waals surface area contributed by atoms with Crippen LogP contribution in [0.4, 0.5) is 0 Å². The first-order valence-electron chi connectivity index (χ1n) is 2.06. The molecule has 0 aromatic carbocycles. The quantitative estimate of drug-likeness (QED) is 0.398. The maximum Gasteiger partial charge on any atom is 1.00 e. The van der Waals surface area contributed by atoms with Crippen molar-refractivity contribution in [2.45, 2.75) is 19.4 Å². The molecule has 0 aliphatic heterocycles. The zero-order chi connectivity index (χ0) is 4.99. The smallest absolute Gasteiger partial charge is 0.870 e. The van der Waals surface area contributed by atoms with E-state index in [1.165, 1.54) is 0 Å². The Balaban J connectivity index is -0.000000125. The summed E-state index contributed by atoms with van der Waals surface area (Å²) in [6.07, 6.45) is 0.134. The second-order valence-corrected chi connectivity index (χ2v) is 1.36. The van der Waals surface area contributed by atoms with Crippen LogP contribution in [-0.2, 0) is 0 Å². The first-order valence-corrected chi connectivity index (χ1v) is 2.06. The van der Waals surface area contributed by atoms with Crippen LogP contribution in [0.25, 0.3) is 0 Å². The maximum absolute atomic E-state index is 8.39. The summed E-state index contributed by atoms with van der Waals surface area (Å²) in [4.78, 5) is 0. The standard InChI is InChI=1S/C4H10O2.K.H2O/c1-4(6)2-3-5;;/h4-6H,2-3H2,1H3;;1H2/q;+1;/p-1. The van der Waals surface area contributed by atoms with Crippen molar-refractivity contribution in [1.29, 1.82) is 0 Å². The number of rotatable bonds is 2. The minimum atomic E-state index is -0.352. The average molecular weight is 146 g/mol. The molecular weight excluding hydrogens is 135 g/mol. The van der Waals surface area contributed by atoms with Gasteiger partial charge in [0.25, 0.3) is 0 Å². The average Bonchev–Trinajstić information content (AvgIpc) is 1.35. The van der Waals surface area contributed by atoms with Crippen LogP contribution in [0.15, 0.2) is 0 Å². The van der Waals surface area contributed by atoms with Crippen molar-refractivity contribution in [1.82, 2.24) is 0 Å². The van der Waals surface area contributed by atoms with Crippen LogP contribution >= 0.6 is 0 Å². The first-order chi connectivity index (χ1) is 2.77. The molecule has 0 aliphatic carbocycles. The predicted molar refractivity (Wildman–Crippen MR) is 25.3 cm³/mol. The predicted octanol–water partition coefficient (Wildman–Crippen LogP) is -3.42. The Hall–Kier alpha value is 1.52. The summed E-state index contributed by atoms with van der Waals surface area (Å²) in [5, 5.41) is 16.5. The van der Waals surface area contributed by atoms with Gasteiger partial charge in [0, 0.05) is 6.61 Å². The van der Waals surface area contributed by atoms with E-state index in [1.54, 1.807) is 6.92 Å². The molecule has 0 bridgehead atoms. The third-order valence-electron chi connectivity index (χ3n) is 0.547. The molecule has 1 atom stereocenters. The van der Waals surface area contributed by atoms with Gasteiger partial charge < -0.3 is 15.7 Å². The van der Waals surface area contributed by atoms with Crippen LogP contribution in [0.3, 0.4) is 0 Å². The summed E-state index contributed by atoms with van der Waals surface area (Å²) in [7, 11) is 0. The number of aliphatic hydroxyl groups is 2. The van der Waals surface area contributed by atoms with Gasteiger partial charge in [0.1, 0.15) is 0 Å². The van der Waals surface area contributed by atoms with E-state index in [-0.39, 0.29) is 69.6 Å². The summed E-state index contributed by atoms with van der Waals surface area (Å²) >= 11 is 0. The molecule has 0 aliphatic rings. The van der Waals surface area contributed by atoms with Gasteiger partial charge in [-0.3, -0.25) is 0 Å². The van der Waals surface area contributed by atoms with Gasteiger partial charge in [-0.25, -0.2) is 0 Å². The van der Waals surface area contributed by atoms with Crippen LogP contribution in [0.2, 0.25) is 0 Å². The number of hydrogen-bond acceptors (Lipinski definition) is 3. The Bertz CT molecular complexity index is 32.5. The van der Waals surface area contributed by atoms with E-state index in [0.29, 0.717) is 6.42 Å². The molecule has 0 saturated carbocycles. The summed E-state index contributed by atoms with van der Waals surface area (Å²) in [5.74, 6) is 0. The van der Waals surface area contributed by atoms with Gasteiger partial charge in [-0.2, -0.15) is 0 Å². The molecule has 0 rings (SSSR count). The summed E-state index contributed by atoms with van der Waals surface area (Å²) in [6.45, 7) is 1.73. The minimum absolute atomic E-state index is 0. The SMILES string of the molecule is CC(O)CCO.[K+].[OH-]. The van der Waals surface area contributed by atoms with Gasteiger partial charge in [-0.15, -0.1) is 0 Å². The molecule has 3 nitrogen and oxygen atoms in total. The van der Waals surface area contributed by atoms with E-state index in [4.69, 9.17) is 10.2 Å². The topological polar surface area (TPSA) is 70.5 Å². The summed E-state index contributed by atoms with van der Waals surface area (Å²) in [5.41, 5.74) is 0. The third-order valence-corrected chi connectivity index (χ3v) is 0.547. The van der Waals surface area contributed by atoms with Crippen LogP contribution in [0, 0.1) is 0 Å². The normalized spacial score (nSPS) is 10.9. The zero-order valence-corrected chi connectivity index (χ0v) is 8.46. The van der Waals surface area contributed by atoms with Gasteiger partial charge in [0.2, 0.25) is 0 Å². The van der Waals surface area contributed by atoms with Crippen molar-refractivity contribution in [3.8, 4) is 0 Å². The Kier molecular flexibility index (Phi) is 23.0. The van der Waals surface area contributed by atoms with Crippen LogP contribution in [0.5, 0.6) is 0 Å². The molecule has 0 fully saturated rings. The Morgan fingerprint density at radius 1 is 1.50 bits per heavy atom. The van der Waals surface area contributed by atoms with Crippen molar-refractivity contribution in [2.75, 3.05) is 6.61 Å². The number of aliphatic hydroxyl groups excluding tert-OH is 2. The van der Waals surface area contributed by atoms with E-state index in [0.717, 1.165) is 0 Å². The zero-order valence-electron chi connectivity index (χ0n) is 5.33. The molecule has 0 spiro atoms. The van der Waals surface area contributed by atoms with Crippen molar-refractivity contribution in [3.05, 3.63) is 0 Å². The third kappa shape index (κ3) is 15.6. The fourth-order valence-corrected chi connectivity index (χ4v) is 0.187. The molecule has 0 radical (unpaired) electrons. The maximum atomic E-state index is 8.39. The van der Waals surface area contributed by atoms with Gasteiger partial charge >= 0.3 is 51.4 Å². The first kappa shape index (κ1) is 16.3. The molecule has 4 heteroatoms. The van der Waals surface area contributed by atoms with E-state index < -0.39 is 0 Å². The second kappa shape index (κ2) is 11.3. The van der Waals surface area contributed by atoms with E-state index in [1.807, 2.05) is 0 Å². The minimum Gasteiger partial charge on any atom is -0.870 e. The fraction of sp³-hybridized carbons (Fsp3) is 1.00. The van der Waals surface area contributed by atoms with Gasteiger partial charge in [-0.05, 0) is 13.3 Å². The van der Waals surface area contributed by atoms with Gasteiger partial charge in [0.15, 0.2) is 0 Å². The van der Waals surface area contributed by atoms with Crippen molar-refractivity contribution in [3.63, 3.8) is 0 Å². The fourth-order valence-electron chi connectivity index (χ4n) is 0.187. The van der Waals surface area contributed by atoms with Crippen molar-refractivity contribution >= 4 is 0 Å². The molecule has 0 heterocycles. The van der Waals surface area contributed by atoms with Crippen LogP contribution in [-0.4, -0.2) is 28.4 Å². The Labute approximate surface area is 91.8 Å². The van der Waals surface area contributed by atoms with E-state index in [2.05, 4.69) is 0 Å². The molecule has 46 valence electrons. The van der Waals surface area contributed by atoms with Crippen molar-refractivity contribution < 1.29 is 67.1 Å². The van der Waals surface area contributed by atoms with Crippen LogP contribution < -0.4 is 51.4 Å². The number of hydrogen-bond donors (Lipinski definition) is 2. The Morgan fingerprint density at radius 2 is 1.88 bits per heavy atom. The molecule has 0 aromatic rings. The molecule has 8 heavy (non-hydrogen) atoms. The van der Waals surface area contributed by atoms with E-state index in [9.17, 15) is 0 Å². The van der Waals surface area contributed by atoms with Crippen molar-refractivity contribution in [2.24, 2.45) is 0 Å². The molecular formula is C4H11KO3.